The summed E-state index contributed by atoms with van der Waals surface area (Å²) in [4.78, 5) is 26.1. The van der Waals surface area contributed by atoms with Crippen LogP contribution in [-0.4, -0.2) is 72.6 Å². The fourth-order valence-corrected chi connectivity index (χ4v) is 4.18. The minimum atomic E-state index is 0. The molecule has 9 heteroatoms. The third-order valence-corrected chi connectivity index (χ3v) is 6.06. The fourth-order valence-electron chi connectivity index (χ4n) is 4.18. The van der Waals surface area contributed by atoms with Gasteiger partial charge in [0.2, 0.25) is 11.8 Å². The van der Waals surface area contributed by atoms with Crippen molar-refractivity contribution in [2.45, 2.75) is 33.2 Å². The number of amides is 1. The number of aryl methyl sites for hydroxylation is 1. The number of hydrogen-bond acceptors (Lipinski definition) is 5. The maximum atomic E-state index is 12.8. The Morgan fingerprint density at radius 3 is 2.48 bits per heavy atom. The minimum absolute atomic E-state index is 0. The predicted molar refractivity (Wildman–Crippen MR) is 139 cm³/mol. The van der Waals surface area contributed by atoms with Gasteiger partial charge in [-0.3, -0.25) is 4.79 Å². The van der Waals surface area contributed by atoms with Crippen molar-refractivity contribution >= 4 is 35.8 Å². The normalized spacial score (nSPS) is 17.6. The molecule has 1 amide bonds. The average molecular weight is 567 g/mol. The van der Waals surface area contributed by atoms with E-state index in [0.29, 0.717) is 38.7 Å². The molecule has 0 unspecified atom stereocenters. The Hall–Kier alpha value is -2.14. The number of likely N-dealkylation sites (tertiary alicyclic amines) is 1. The Kier molecular flexibility index (Phi) is 9.54. The maximum Gasteiger partial charge on any atom is 0.225 e. The number of aliphatic imine (C=N–C) groups is 1. The number of morpholine rings is 1. The maximum absolute atomic E-state index is 12.8. The molecule has 0 atom stereocenters. The summed E-state index contributed by atoms with van der Waals surface area (Å²) in [5.41, 5.74) is 2.22. The lowest BCUT2D eigenvalue weighted by molar-refractivity contribution is -0.140. The number of halogens is 1. The number of carbonyl (C=O) groups is 1. The molecular formula is C24H34IN5O3. The number of guanidine groups is 1. The largest absolute Gasteiger partial charge is 0.439 e. The first-order valence-corrected chi connectivity index (χ1v) is 11.6. The Morgan fingerprint density at radius 1 is 1.12 bits per heavy atom. The number of nitrogens with zero attached hydrogens (tertiary/aromatic N) is 4. The molecule has 2 saturated heterocycles. The summed E-state index contributed by atoms with van der Waals surface area (Å²) >= 11 is 0. The summed E-state index contributed by atoms with van der Waals surface area (Å²) in [6, 6.07) is 8.20. The number of aromatic nitrogens is 1. The highest BCUT2D eigenvalue weighted by Gasteiger charge is 2.30. The lowest BCUT2D eigenvalue weighted by Crippen LogP contribution is -2.50. The SMILES string of the molecule is CCNC(=NCc1ncc(-c2ccc(C)cc2)o1)N1CCC(C(=O)N2CCOCC2)CC1.I. The summed E-state index contributed by atoms with van der Waals surface area (Å²) in [5.74, 6) is 2.56. The van der Waals surface area contributed by atoms with Gasteiger partial charge >= 0.3 is 0 Å². The number of hydrogen-bond donors (Lipinski definition) is 1. The van der Waals surface area contributed by atoms with Crippen LogP contribution in [-0.2, 0) is 16.1 Å². The van der Waals surface area contributed by atoms with Crippen molar-refractivity contribution in [3.05, 3.63) is 41.9 Å². The van der Waals surface area contributed by atoms with Crippen LogP contribution in [0.15, 0.2) is 39.9 Å². The van der Waals surface area contributed by atoms with Crippen LogP contribution in [0.4, 0.5) is 0 Å². The van der Waals surface area contributed by atoms with E-state index in [4.69, 9.17) is 14.1 Å². The van der Waals surface area contributed by atoms with Gasteiger partial charge in [0.1, 0.15) is 6.54 Å². The highest BCUT2D eigenvalue weighted by atomic mass is 127. The van der Waals surface area contributed by atoms with Crippen molar-refractivity contribution in [3.8, 4) is 11.3 Å². The van der Waals surface area contributed by atoms with E-state index in [2.05, 4.69) is 41.2 Å². The molecule has 4 rings (SSSR count). The van der Waals surface area contributed by atoms with E-state index in [1.54, 1.807) is 6.20 Å². The van der Waals surface area contributed by atoms with Gasteiger partial charge in [0.05, 0.1) is 19.4 Å². The first kappa shape index (κ1) is 25.5. The van der Waals surface area contributed by atoms with Crippen molar-refractivity contribution in [2.24, 2.45) is 10.9 Å². The van der Waals surface area contributed by atoms with E-state index >= 15 is 0 Å². The molecule has 180 valence electrons. The average Bonchev–Trinajstić information content (AvgIpc) is 3.31. The second-order valence-electron chi connectivity index (χ2n) is 8.35. The first-order chi connectivity index (χ1) is 15.6. The Balaban J connectivity index is 0.00000306. The third kappa shape index (κ3) is 6.69. The number of nitrogens with one attached hydrogen (secondary N) is 1. The number of ether oxygens (including phenoxy) is 1. The molecule has 1 N–H and O–H groups in total. The van der Waals surface area contributed by atoms with E-state index in [-0.39, 0.29) is 35.8 Å². The quantitative estimate of drug-likeness (QED) is 0.339. The summed E-state index contributed by atoms with van der Waals surface area (Å²) < 4.78 is 11.3. The van der Waals surface area contributed by atoms with Crippen molar-refractivity contribution < 1.29 is 13.9 Å². The van der Waals surface area contributed by atoms with Crippen LogP contribution < -0.4 is 5.32 Å². The Morgan fingerprint density at radius 2 is 1.82 bits per heavy atom. The van der Waals surface area contributed by atoms with Crippen LogP contribution >= 0.6 is 24.0 Å². The minimum Gasteiger partial charge on any atom is -0.439 e. The fraction of sp³-hybridized carbons (Fsp3) is 0.542. The molecule has 8 nitrogen and oxygen atoms in total. The zero-order chi connectivity index (χ0) is 22.3. The smallest absolute Gasteiger partial charge is 0.225 e. The molecule has 1 aromatic heterocycles. The highest BCUT2D eigenvalue weighted by Crippen LogP contribution is 2.22. The monoisotopic (exact) mass is 567 g/mol. The molecule has 3 heterocycles. The zero-order valence-electron chi connectivity index (χ0n) is 19.5. The Labute approximate surface area is 212 Å². The molecule has 0 aliphatic carbocycles. The summed E-state index contributed by atoms with van der Waals surface area (Å²) in [5, 5.41) is 3.37. The van der Waals surface area contributed by atoms with Crippen molar-refractivity contribution in [3.63, 3.8) is 0 Å². The van der Waals surface area contributed by atoms with Crippen molar-refractivity contribution in [1.82, 2.24) is 20.1 Å². The molecule has 2 aliphatic rings. The molecule has 0 saturated carbocycles. The lowest BCUT2D eigenvalue weighted by Gasteiger charge is -2.36. The van der Waals surface area contributed by atoms with E-state index in [9.17, 15) is 4.79 Å². The van der Waals surface area contributed by atoms with Gasteiger partial charge in [-0.2, -0.15) is 0 Å². The van der Waals surface area contributed by atoms with Crippen molar-refractivity contribution in [1.29, 1.82) is 0 Å². The van der Waals surface area contributed by atoms with Gasteiger partial charge in [-0.15, -0.1) is 24.0 Å². The highest BCUT2D eigenvalue weighted by molar-refractivity contribution is 14.0. The molecule has 33 heavy (non-hydrogen) atoms. The van der Waals surface area contributed by atoms with E-state index in [0.717, 1.165) is 49.8 Å². The number of benzene rings is 1. The van der Waals surface area contributed by atoms with E-state index in [1.165, 1.54) is 5.56 Å². The van der Waals surface area contributed by atoms with Gasteiger partial charge in [-0.05, 0) is 26.7 Å². The van der Waals surface area contributed by atoms with E-state index in [1.807, 2.05) is 17.0 Å². The third-order valence-electron chi connectivity index (χ3n) is 6.06. The first-order valence-electron chi connectivity index (χ1n) is 11.6. The van der Waals surface area contributed by atoms with Crippen LogP contribution in [0.25, 0.3) is 11.3 Å². The summed E-state index contributed by atoms with van der Waals surface area (Å²) in [6.07, 6.45) is 3.44. The van der Waals surface area contributed by atoms with Gasteiger partial charge in [0.15, 0.2) is 11.7 Å². The second kappa shape index (κ2) is 12.4. The zero-order valence-corrected chi connectivity index (χ0v) is 21.8. The number of carbonyl (C=O) groups excluding carboxylic acids is 1. The van der Waals surface area contributed by atoms with Crippen LogP contribution in [0.2, 0.25) is 0 Å². The van der Waals surface area contributed by atoms with Crippen molar-refractivity contribution in [2.75, 3.05) is 45.9 Å². The number of piperidine rings is 1. The standard InChI is InChI=1S/C24H33N5O3.HI/c1-3-25-24(27-17-22-26-16-21(32-22)19-6-4-18(2)5-7-19)29-10-8-20(9-11-29)23(30)28-12-14-31-15-13-28;/h4-7,16,20H,3,8-15,17H2,1-2H3,(H,25,27);1H. The molecule has 0 radical (unpaired) electrons. The number of rotatable bonds is 5. The molecule has 0 spiro atoms. The van der Waals surface area contributed by atoms with Gasteiger partial charge < -0.3 is 24.3 Å². The van der Waals surface area contributed by atoms with Gasteiger partial charge in [0.25, 0.3) is 0 Å². The molecule has 0 bridgehead atoms. The van der Waals surface area contributed by atoms with Crippen LogP contribution in [0.3, 0.4) is 0 Å². The molecule has 2 aromatic rings. The van der Waals surface area contributed by atoms with Gasteiger partial charge in [-0.25, -0.2) is 9.98 Å². The summed E-state index contributed by atoms with van der Waals surface area (Å²) in [7, 11) is 0. The molecule has 1 aromatic carbocycles. The van der Waals surface area contributed by atoms with Gasteiger partial charge in [0, 0.05) is 44.2 Å². The molecule has 2 fully saturated rings. The van der Waals surface area contributed by atoms with Crippen LogP contribution in [0, 0.1) is 12.8 Å². The second-order valence-corrected chi connectivity index (χ2v) is 8.35. The number of oxazole rings is 1. The Bertz CT molecular complexity index is 916. The van der Waals surface area contributed by atoms with Crippen LogP contribution in [0.1, 0.15) is 31.2 Å². The summed E-state index contributed by atoms with van der Waals surface area (Å²) in [6.45, 7) is 9.63. The predicted octanol–water partition coefficient (Wildman–Crippen LogP) is 3.30. The molecule has 2 aliphatic heterocycles. The molecular weight excluding hydrogens is 533 g/mol. The lowest BCUT2D eigenvalue weighted by atomic mass is 9.95. The van der Waals surface area contributed by atoms with Gasteiger partial charge in [-0.1, -0.05) is 29.8 Å². The topological polar surface area (TPSA) is 83.2 Å². The van der Waals surface area contributed by atoms with Crippen LogP contribution in [0.5, 0.6) is 0 Å². The van der Waals surface area contributed by atoms with E-state index < -0.39 is 0 Å².